The van der Waals surface area contributed by atoms with Crippen molar-refractivity contribution in [3.8, 4) is 0 Å². The second-order valence-corrected chi connectivity index (χ2v) is 6.96. The zero-order valence-corrected chi connectivity index (χ0v) is 15.4. The zero-order valence-electron chi connectivity index (χ0n) is 15.4. The lowest BCUT2D eigenvalue weighted by Crippen LogP contribution is -2.26. The van der Waals surface area contributed by atoms with Crippen LogP contribution in [0.15, 0.2) is 47.2 Å². The summed E-state index contributed by atoms with van der Waals surface area (Å²) in [7, 11) is 0. The first-order chi connectivity index (χ1) is 12.7. The van der Waals surface area contributed by atoms with Crippen molar-refractivity contribution in [2.24, 2.45) is 0 Å². The summed E-state index contributed by atoms with van der Waals surface area (Å²) in [6.45, 7) is 8.82. The van der Waals surface area contributed by atoms with Crippen molar-refractivity contribution in [1.82, 2.24) is 19.8 Å². The van der Waals surface area contributed by atoms with Gasteiger partial charge in [-0.05, 0) is 25.8 Å². The molecule has 1 saturated heterocycles. The Bertz CT molecular complexity index is 835. The molecule has 0 N–H and O–H groups in total. The van der Waals surface area contributed by atoms with Crippen LogP contribution in [0.25, 0.3) is 0 Å². The summed E-state index contributed by atoms with van der Waals surface area (Å²) in [5.74, 6) is 0.868. The molecule has 4 rings (SSSR count). The lowest BCUT2D eigenvalue weighted by molar-refractivity contribution is 0.346. The molecule has 0 radical (unpaired) electrons. The maximum absolute atomic E-state index is 5.24. The lowest BCUT2D eigenvalue weighted by atomic mass is 10.1. The average molecular weight is 351 g/mol. The molecule has 1 aliphatic heterocycles. The van der Waals surface area contributed by atoms with Crippen LogP contribution in [0.3, 0.4) is 0 Å². The highest BCUT2D eigenvalue weighted by molar-refractivity contribution is 5.43. The Morgan fingerprint density at radius 1 is 1.12 bits per heavy atom. The first-order valence-corrected chi connectivity index (χ1v) is 9.14. The molecule has 0 spiro atoms. The highest BCUT2D eigenvalue weighted by atomic mass is 16.5. The van der Waals surface area contributed by atoms with E-state index in [9.17, 15) is 0 Å². The Morgan fingerprint density at radius 2 is 1.96 bits per heavy atom. The first-order valence-electron chi connectivity index (χ1n) is 9.14. The average Bonchev–Trinajstić information content (AvgIpc) is 3.38. The van der Waals surface area contributed by atoms with E-state index in [0.717, 1.165) is 49.7 Å². The number of nitrogens with zero attached hydrogens (tertiary/aromatic N) is 5. The third-order valence-corrected chi connectivity index (χ3v) is 5.10. The van der Waals surface area contributed by atoms with Crippen molar-refractivity contribution in [2.75, 3.05) is 31.2 Å². The van der Waals surface area contributed by atoms with Crippen molar-refractivity contribution in [1.29, 1.82) is 0 Å². The van der Waals surface area contributed by atoms with E-state index in [1.54, 1.807) is 0 Å². The topological polar surface area (TPSA) is 50.3 Å². The van der Waals surface area contributed by atoms with Gasteiger partial charge in [0.2, 0.25) is 0 Å². The maximum atomic E-state index is 5.24. The monoisotopic (exact) mass is 351 g/mol. The summed E-state index contributed by atoms with van der Waals surface area (Å²) < 4.78 is 7.21. The minimum atomic E-state index is 0.701. The summed E-state index contributed by atoms with van der Waals surface area (Å²) >= 11 is 0. The van der Waals surface area contributed by atoms with E-state index in [2.05, 4.69) is 56.6 Å². The van der Waals surface area contributed by atoms with Crippen molar-refractivity contribution in [3.05, 3.63) is 65.3 Å². The lowest BCUT2D eigenvalue weighted by Gasteiger charge is -2.18. The number of anilines is 1. The van der Waals surface area contributed by atoms with E-state index in [-0.39, 0.29) is 0 Å². The summed E-state index contributed by atoms with van der Waals surface area (Å²) in [6, 6.07) is 10.7. The molecule has 1 fully saturated rings. The van der Waals surface area contributed by atoms with Crippen LogP contribution in [-0.2, 0) is 13.0 Å². The molecule has 26 heavy (non-hydrogen) atoms. The summed E-state index contributed by atoms with van der Waals surface area (Å²) in [4.78, 5) is 4.89. The second kappa shape index (κ2) is 7.33. The van der Waals surface area contributed by atoms with Crippen LogP contribution in [-0.4, -0.2) is 46.1 Å². The number of aromatic nitrogens is 3. The molecule has 0 saturated carbocycles. The highest BCUT2D eigenvalue weighted by Gasteiger charge is 2.21. The molecule has 0 amide bonds. The fraction of sp³-hybridized carbons (Fsp3) is 0.400. The van der Waals surface area contributed by atoms with Crippen LogP contribution in [0.5, 0.6) is 0 Å². The molecule has 0 atom stereocenters. The Morgan fingerprint density at radius 3 is 2.73 bits per heavy atom. The van der Waals surface area contributed by atoms with Crippen LogP contribution in [0.1, 0.15) is 22.6 Å². The Kier molecular flexibility index (Phi) is 4.75. The van der Waals surface area contributed by atoms with E-state index in [0.29, 0.717) is 6.54 Å². The molecular formula is C20H25N5O. The van der Waals surface area contributed by atoms with Crippen LogP contribution in [0.2, 0.25) is 0 Å². The molecule has 1 aliphatic rings. The highest BCUT2D eigenvalue weighted by Crippen LogP contribution is 2.20. The molecule has 3 aromatic rings. The molecule has 0 unspecified atom stereocenters. The molecular weight excluding hydrogens is 326 g/mol. The number of aryl methyl sites for hydroxylation is 2. The van der Waals surface area contributed by atoms with Gasteiger partial charge in [0.15, 0.2) is 0 Å². The van der Waals surface area contributed by atoms with E-state index in [4.69, 9.17) is 4.52 Å². The first kappa shape index (κ1) is 16.8. The predicted octanol–water partition coefficient (Wildman–Crippen LogP) is 2.86. The molecule has 136 valence electrons. The molecule has 0 aliphatic carbocycles. The molecule has 0 bridgehead atoms. The Balaban J connectivity index is 1.33. The second-order valence-electron chi connectivity index (χ2n) is 6.96. The van der Waals surface area contributed by atoms with Crippen LogP contribution < -0.4 is 4.90 Å². The number of benzene rings is 1. The van der Waals surface area contributed by atoms with E-state index < -0.39 is 0 Å². The fourth-order valence-corrected chi connectivity index (χ4v) is 3.46. The van der Waals surface area contributed by atoms with Crippen LogP contribution in [0, 0.1) is 13.8 Å². The summed E-state index contributed by atoms with van der Waals surface area (Å²) in [5.41, 5.74) is 4.63. The number of hydrogen-bond acceptors (Lipinski definition) is 5. The van der Waals surface area contributed by atoms with Crippen LogP contribution in [0.4, 0.5) is 5.69 Å². The summed E-state index contributed by atoms with van der Waals surface area (Å²) in [5, 5.41) is 8.54. The molecule has 1 aromatic carbocycles. The van der Waals surface area contributed by atoms with Gasteiger partial charge in [-0.15, -0.1) is 0 Å². The van der Waals surface area contributed by atoms with Crippen molar-refractivity contribution in [2.45, 2.75) is 26.8 Å². The van der Waals surface area contributed by atoms with Gasteiger partial charge in [0.25, 0.3) is 0 Å². The van der Waals surface area contributed by atoms with Crippen LogP contribution >= 0.6 is 0 Å². The number of hydrogen-bond donors (Lipinski definition) is 0. The SMILES string of the molecule is Cc1noc(C)c1Cn1cc(N2CCN(CCc3ccccc3)C2)cn1. The van der Waals surface area contributed by atoms with Gasteiger partial charge in [0.05, 0.1) is 30.8 Å². The van der Waals surface area contributed by atoms with Gasteiger partial charge < -0.3 is 9.42 Å². The van der Waals surface area contributed by atoms with Gasteiger partial charge in [-0.3, -0.25) is 9.58 Å². The van der Waals surface area contributed by atoms with Gasteiger partial charge in [-0.25, -0.2) is 0 Å². The van der Waals surface area contributed by atoms with E-state index in [1.807, 2.05) is 24.7 Å². The minimum absolute atomic E-state index is 0.701. The third kappa shape index (κ3) is 3.65. The van der Waals surface area contributed by atoms with Gasteiger partial charge in [0.1, 0.15) is 5.76 Å². The van der Waals surface area contributed by atoms with Crippen molar-refractivity contribution in [3.63, 3.8) is 0 Å². The van der Waals surface area contributed by atoms with E-state index in [1.165, 1.54) is 11.3 Å². The molecule has 3 heterocycles. The smallest absolute Gasteiger partial charge is 0.138 e. The molecule has 6 heteroatoms. The standard InChI is InChI=1S/C20H25N5O/c1-16-20(17(2)26-22-16)14-25-13-19(12-21-25)24-11-10-23(15-24)9-8-18-6-4-3-5-7-18/h3-7,12-13H,8-11,14-15H2,1-2H3. The van der Waals surface area contributed by atoms with Gasteiger partial charge in [-0.2, -0.15) is 5.10 Å². The molecule has 2 aromatic heterocycles. The quantitative estimate of drug-likeness (QED) is 0.683. The van der Waals surface area contributed by atoms with Gasteiger partial charge in [0, 0.05) is 31.4 Å². The summed E-state index contributed by atoms with van der Waals surface area (Å²) in [6.07, 6.45) is 5.17. The van der Waals surface area contributed by atoms with Gasteiger partial charge in [-0.1, -0.05) is 35.5 Å². The molecule has 6 nitrogen and oxygen atoms in total. The largest absolute Gasteiger partial charge is 0.361 e. The van der Waals surface area contributed by atoms with E-state index >= 15 is 0 Å². The van der Waals surface area contributed by atoms with Gasteiger partial charge >= 0.3 is 0 Å². The fourth-order valence-electron chi connectivity index (χ4n) is 3.46. The maximum Gasteiger partial charge on any atom is 0.138 e. The zero-order chi connectivity index (χ0) is 17.9. The minimum Gasteiger partial charge on any atom is -0.361 e. The third-order valence-electron chi connectivity index (χ3n) is 5.10. The van der Waals surface area contributed by atoms with Crippen molar-refractivity contribution >= 4 is 5.69 Å². The Hall–Kier alpha value is -2.60. The Labute approximate surface area is 154 Å². The van der Waals surface area contributed by atoms with Crippen molar-refractivity contribution < 1.29 is 4.52 Å². The normalized spacial score (nSPS) is 15.1. The predicted molar refractivity (Wildman–Crippen MR) is 101 cm³/mol. The number of rotatable bonds is 6.